The summed E-state index contributed by atoms with van der Waals surface area (Å²) in [5, 5.41) is 3.23. The minimum Gasteiger partial charge on any atom is -0.300 e. The summed E-state index contributed by atoms with van der Waals surface area (Å²) in [5.74, 6) is 5.50. The molecule has 0 bridgehead atoms. The van der Waals surface area contributed by atoms with Crippen LogP contribution in [0.15, 0.2) is 22.7 Å². The van der Waals surface area contributed by atoms with Gasteiger partial charge in [0, 0.05) is 6.04 Å². The van der Waals surface area contributed by atoms with Crippen molar-refractivity contribution >= 4 is 15.9 Å². The van der Waals surface area contributed by atoms with E-state index in [0.717, 1.165) is 5.56 Å². The molecule has 1 N–H and O–H groups in total. The van der Waals surface area contributed by atoms with Gasteiger partial charge in [0.1, 0.15) is 5.82 Å². The Labute approximate surface area is 98.2 Å². The predicted octanol–water partition coefficient (Wildman–Crippen LogP) is 3.26. The topological polar surface area (TPSA) is 12.0 Å². The van der Waals surface area contributed by atoms with E-state index in [2.05, 4.69) is 33.1 Å². The van der Waals surface area contributed by atoms with Gasteiger partial charge in [0.05, 0.1) is 11.0 Å². The maximum absolute atomic E-state index is 13.0. The Morgan fingerprint density at radius 3 is 2.87 bits per heavy atom. The molecular weight excluding hydrogens is 257 g/mol. The molecule has 0 aliphatic rings. The van der Waals surface area contributed by atoms with Crippen molar-refractivity contribution in [2.75, 3.05) is 6.54 Å². The summed E-state index contributed by atoms with van der Waals surface area (Å²) in [5.41, 5.74) is 1.04. The summed E-state index contributed by atoms with van der Waals surface area (Å²) in [4.78, 5) is 0. The first-order valence-corrected chi connectivity index (χ1v) is 5.52. The zero-order chi connectivity index (χ0) is 11.3. The molecule has 0 spiro atoms. The Kier molecular flexibility index (Phi) is 4.80. The van der Waals surface area contributed by atoms with E-state index in [1.165, 1.54) is 6.07 Å². The molecule has 3 heteroatoms. The fourth-order valence-corrected chi connectivity index (χ4v) is 1.59. The average molecular weight is 270 g/mol. The standard InChI is InChI=1S/C12H13BrFN/c1-3-4-7-15-9(2)10-5-6-12(14)11(13)8-10/h5-6,8-9,15H,7H2,1-2H3. The van der Waals surface area contributed by atoms with E-state index in [1.807, 2.05) is 6.92 Å². The first-order valence-electron chi connectivity index (χ1n) is 4.73. The third-order valence-electron chi connectivity index (χ3n) is 2.12. The fraction of sp³-hybridized carbons (Fsp3) is 0.333. The van der Waals surface area contributed by atoms with E-state index < -0.39 is 0 Å². The Hall–Kier alpha value is -0.850. The first-order chi connectivity index (χ1) is 7.15. The smallest absolute Gasteiger partial charge is 0.137 e. The minimum atomic E-state index is -0.237. The van der Waals surface area contributed by atoms with E-state index >= 15 is 0 Å². The molecule has 0 saturated carbocycles. The lowest BCUT2D eigenvalue weighted by molar-refractivity contribution is 0.604. The van der Waals surface area contributed by atoms with E-state index in [-0.39, 0.29) is 11.9 Å². The van der Waals surface area contributed by atoms with Crippen molar-refractivity contribution in [1.82, 2.24) is 5.32 Å². The molecule has 0 radical (unpaired) electrons. The Morgan fingerprint density at radius 2 is 2.27 bits per heavy atom. The van der Waals surface area contributed by atoms with Gasteiger partial charge >= 0.3 is 0 Å². The lowest BCUT2D eigenvalue weighted by atomic mass is 10.1. The van der Waals surface area contributed by atoms with Gasteiger partial charge in [-0.3, -0.25) is 5.32 Å². The quantitative estimate of drug-likeness (QED) is 0.831. The molecule has 0 heterocycles. The third-order valence-corrected chi connectivity index (χ3v) is 2.72. The molecule has 0 amide bonds. The minimum absolute atomic E-state index is 0.169. The molecule has 1 rings (SSSR count). The molecule has 15 heavy (non-hydrogen) atoms. The molecule has 1 aromatic carbocycles. The highest BCUT2D eigenvalue weighted by atomic mass is 79.9. The van der Waals surface area contributed by atoms with Gasteiger partial charge in [0.2, 0.25) is 0 Å². The Bertz CT molecular complexity index is 392. The van der Waals surface area contributed by atoms with Gasteiger partial charge in [0.15, 0.2) is 0 Å². The van der Waals surface area contributed by atoms with Crippen LogP contribution in [0.1, 0.15) is 25.5 Å². The predicted molar refractivity (Wildman–Crippen MR) is 64.0 cm³/mol. The van der Waals surface area contributed by atoms with Crippen molar-refractivity contribution < 1.29 is 4.39 Å². The molecule has 1 atom stereocenters. The number of rotatable bonds is 3. The summed E-state index contributed by atoms with van der Waals surface area (Å²) >= 11 is 3.17. The molecule has 80 valence electrons. The van der Waals surface area contributed by atoms with Crippen LogP contribution in [0.3, 0.4) is 0 Å². The molecular formula is C12H13BrFN. The molecule has 0 fully saturated rings. The second kappa shape index (κ2) is 5.89. The van der Waals surface area contributed by atoms with E-state index in [4.69, 9.17) is 0 Å². The number of halogens is 2. The lowest BCUT2D eigenvalue weighted by Crippen LogP contribution is -2.18. The fourth-order valence-electron chi connectivity index (χ4n) is 1.19. The molecule has 1 aromatic rings. The number of nitrogens with one attached hydrogen (secondary N) is 1. The maximum atomic E-state index is 13.0. The van der Waals surface area contributed by atoms with Crippen LogP contribution in [-0.4, -0.2) is 6.54 Å². The average Bonchev–Trinajstić information content (AvgIpc) is 2.22. The van der Waals surface area contributed by atoms with Crippen molar-refractivity contribution in [2.24, 2.45) is 0 Å². The first kappa shape index (κ1) is 12.2. The van der Waals surface area contributed by atoms with Crippen molar-refractivity contribution in [2.45, 2.75) is 19.9 Å². The van der Waals surface area contributed by atoms with Crippen LogP contribution < -0.4 is 5.32 Å². The molecule has 1 nitrogen and oxygen atoms in total. The normalized spacial score (nSPS) is 11.7. The van der Waals surface area contributed by atoms with Crippen LogP contribution in [0.5, 0.6) is 0 Å². The van der Waals surface area contributed by atoms with Crippen LogP contribution in [-0.2, 0) is 0 Å². The van der Waals surface area contributed by atoms with Crippen LogP contribution in [0.2, 0.25) is 0 Å². The summed E-state index contributed by atoms with van der Waals surface area (Å²) in [6, 6.07) is 5.19. The number of hydrogen-bond acceptors (Lipinski definition) is 1. The van der Waals surface area contributed by atoms with Crippen molar-refractivity contribution in [1.29, 1.82) is 0 Å². The zero-order valence-corrected chi connectivity index (χ0v) is 10.4. The van der Waals surface area contributed by atoms with Crippen molar-refractivity contribution in [3.05, 3.63) is 34.1 Å². The highest BCUT2D eigenvalue weighted by molar-refractivity contribution is 9.10. The summed E-state index contributed by atoms with van der Waals surface area (Å²) < 4.78 is 13.5. The van der Waals surface area contributed by atoms with Crippen LogP contribution in [0.4, 0.5) is 4.39 Å². The van der Waals surface area contributed by atoms with Crippen LogP contribution in [0, 0.1) is 17.7 Å². The van der Waals surface area contributed by atoms with Gasteiger partial charge in [0.25, 0.3) is 0 Å². The number of hydrogen-bond donors (Lipinski definition) is 1. The van der Waals surface area contributed by atoms with Crippen LogP contribution in [0.25, 0.3) is 0 Å². The second-order valence-electron chi connectivity index (χ2n) is 3.20. The molecule has 0 aromatic heterocycles. The van der Waals surface area contributed by atoms with E-state index in [1.54, 1.807) is 19.1 Å². The van der Waals surface area contributed by atoms with E-state index in [0.29, 0.717) is 11.0 Å². The van der Waals surface area contributed by atoms with Crippen molar-refractivity contribution in [3.63, 3.8) is 0 Å². The van der Waals surface area contributed by atoms with Gasteiger partial charge in [-0.15, -0.1) is 5.92 Å². The highest BCUT2D eigenvalue weighted by Crippen LogP contribution is 2.20. The van der Waals surface area contributed by atoms with Gasteiger partial charge in [-0.1, -0.05) is 12.0 Å². The van der Waals surface area contributed by atoms with Gasteiger partial charge in [-0.2, -0.15) is 0 Å². The maximum Gasteiger partial charge on any atom is 0.137 e. The summed E-state index contributed by atoms with van der Waals surface area (Å²) in [7, 11) is 0. The van der Waals surface area contributed by atoms with Crippen molar-refractivity contribution in [3.8, 4) is 11.8 Å². The number of benzene rings is 1. The lowest BCUT2D eigenvalue weighted by Gasteiger charge is -2.12. The largest absolute Gasteiger partial charge is 0.300 e. The van der Waals surface area contributed by atoms with E-state index in [9.17, 15) is 4.39 Å². The zero-order valence-electron chi connectivity index (χ0n) is 8.77. The second-order valence-corrected chi connectivity index (χ2v) is 4.06. The molecule has 0 aliphatic carbocycles. The van der Waals surface area contributed by atoms with Gasteiger partial charge in [-0.25, -0.2) is 4.39 Å². The van der Waals surface area contributed by atoms with Gasteiger partial charge in [-0.05, 0) is 47.5 Å². The molecule has 0 aliphatic heterocycles. The van der Waals surface area contributed by atoms with Crippen LogP contribution >= 0.6 is 15.9 Å². The Balaban J connectivity index is 2.68. The highest BCUT2D eigenvalue weighted by Gasteiger charge is 2.06. The third kappa shape index (κ3) is 3.65. The molecule has 0 saturated heterocycles. The SMILES string of the molecule is CC#CCNC(C)c1ccc(F)c(Br)c1. The van der Waals surface area contributed by atoms with Gasteiger partial charge < -0.3 is 0 Å². The summed E-state index contributed by atoms with van der Waals surface area (Å²) in [6.45, 7) is 4.48. The molecule has 1 unspecified atom stereocenters. The Morgan fingerprint density at radius 1 is 1.53 bits per heavy atom. The summed E-state index contributed by atoms with van der Waals surface area (Å²) in [6.07, 6.45) is 0. The monoisotopic (exact) mass is 269 g/mol.